The van der Waals surface area contributed by atoms with Gasteiger partial charge in [-0.15, -0.1) is 10.2 Å². The van der Waals surface area contributed by atoms with Gasteiger partial charge in [0.2, 0.25) is 5.91 Å². The first kappa shape index (κ1) is 23.1. The number of rotatable bonds is 7. The summed E-state index contributed by atoms with van der Waals surface area (Å²) in [6.45, 7) is 6.34. The lowest BCUT2D eigenvalue weighted by Crippen LogP contribution is -2.18. The van der Waals surface area contributed by atoms with Crippen LogP contribution in [0.1, 0.15) is 24.0 Å². The van der Waals surface area contributed by atoms with Crippen molar-refractivity contribution in [3.63, 3.8) is 0 Å². The van der Waals surface area contributed by atoms with E-state index in [-0.39, 0.29) is 11.7 Å². The number of hydrogen-bond acceptors (Lipinski definition) is 6. The maximum Gasteiger partial charge on any atom is 0.234 e. The standard InChI is InChI=1S/C27H28N6OS/c1-19-8-13-24(20(2)17-19)33-26(23-7-3-4-14-28-23)30-31-27(33)35-18-25(34)29-21-9-11-22(12-10-21)32-15-5-6-16-32/h3-4,7-14,17H,5-6,15-16,18H2,1-2H3,(H,29,34). The number of nitrogens with zero attached hydrogens (tertiary/aromatic N) is 5. The van der Waals surface area contributed by atoms with Crippen molar-refractivity contribution in [2.45, 2.75) is 31.8 Å². The minimum atomic E-state index is -0.0847. The first-order valence-electron chi connectivity index (χ1n) is 11.8. The molecule has 1 fully saturated rings. The predicted molar refractivity (Wildman–Crippen MR) is 141 cm³/mol. The number of anilines is 2. The summed E-state index contributed by atoms with van der Waals surface area (Å²) in [5, 5.41) is 12.5. The van der Waals surface area contributed by atoms with E-state index in [0.717, 1.165) is 35.7 Å². The average molecular weight is 485 g/mol. The lowest BCUT2D eigenvalue weighted by molar-refractivity contribution is -0.113. The monoisotopic (exact) mass is 484 g/mol. The molecule has 8 heteroatoms. The van der Waals surface area contributed by atoms with Gasteiger partial charge >= 0.3 is 0 Å². The minimum absolute atomic E-state index is 0.0847. The van der Waals surface area contributed by atoms with Crippen molar-refractivity contribution in [3.8, 4) is 17.2 Å². The average Bonchev–Trinajstić information content (AvgIpc) is 3.55. The van der Waals surface area contributed by atoms with Gasteiger partial charge in [0.15, 0.2) is 11.0 Å². The molecular weight excluding hydrogens is 456 g/mol. The van der Waals surface area contributed by atoms with Crippen LogP contribution in [-0.4, -0.2) is 44.5 Å². The number of thioether (sulfide) groups is 1. The van der Waals surface area contributed by atoms with Crippen LogP contribution in [0.3, 0.4) is 0 Å². The number of nitrogens with one attached hydrogen (secondary N) is 1. The molecule has 0 saturated carbocycles. The molecule has 1 N–H and O–H groups in total. The second kappa shape index (κ2) is 10.3. The van der Waals surface area contributed by atoms with E-state index in [9.17, 15) is 4.79 Å². The summed E-state index contributed by atoms with van der Waals surface area (Å²) < 4.78 is 1.99. The van der Waals surface area contributed by atoms with Gasteiger partial charge in [0.1, 0.15) is 5.69 Å². The Hall–Kier alpha value is -3.65. The van der Waals surface area contributed by atoms with Crippen LogP contribution in [-0.2, 0) is 4.79 Å². The second-order valence-corrected chi connectivity index (χ2v) is 9.67. The van der Waals surface area contributed by atoms with E-state index in [1.54, 1.807) is 6.20 Å². The number of aromatic nitrogens is 4. The van der Waals surface area contributed by atoms with E-state index in [4.69, 9.17) is 0 Å². The molecule has 4 aromatic rings. The van der Waals surface area contributed by atoms with Crippen molar-refractivity contribution >= 4 is 29.0 Å². The highest BCUT2D eigenvalue weighted by Crippen LogP contribution is 2.29. The summed E-state index contributed by atoms with van der Waals surface area (Å²) in [4.78, 5) is 19.6. The Morgan fingerprint density at radius 2 is 1.80 bits per heavy atom. The third-order valence-electron chi connectivity index (χ3n) is 6.08. The van der Waals surface area contributed by atoms with Gasteiger partial charge < -0.3 is 10.2 Å². The van der Waals surface area contributed by atoms with Gasteiger partial charge in [-0.3, -0.25) is 14.3 Å². The topological polar surface area (TPSA) is 75.9 Å². The predicted octanol–water partition coefficient (Wildman–Crippen LogP) is 5.28. The van der Waals surface area contributed by atoms with Crippen LogP contribution < -0.4 is 10.2 Å². The van der Waals surface area contributed by atoms with Gasteiger partial charge in [-0.25, -0.2) is 0 Å². The lowest BCUT2D eigenvalue weighted by Gasteiger charge is -2.17. The Morgan fingerprint density at radius 3 is 2.51 bits per heavy atom. The number of aryl methyl sites for hydroxylation is 2. The Bertz CT molecular complexity index is 1310. The van der Waals surface area contributed by atoms with Crippen LogP contribution >= 0.6 is 11.8 Å². The molecule has 3 heterocycles. The fourth-order valence-electron chi connectivity index (χ4n) is 4.36. The quantitative estimate of drug-likeness (QED) is 0.360. The third kappa shape index (κ3) is 5.22. The van der Waals surface area contributed by atoms with E-state index in [1.165, 1.54) is 35.9 Å². The molecule has 0 unspecified atom stereocenters. The lowest BCUT2D eigenvalue weighted by atomic mass is 10.1. The van der Waals surface area contributed by atoms with Gasteiger partial charge in [-0.2, -0.15) is 0 Å². The molecule has 0 bridgehead atoms. The molecular formula is C27H28N6OS. The second-order valence-electron chi connectivity index (χ2n) is 8.72. The van der Waals surface area contributed by atoms with Crippen molar-refractivity contribution in [2.24, 2.45) is 0 Å². The minimum Gasteiger partial charge on any atom is -0.372 e. The maximum atomic E-state index is 12.8. The summed E-state index contributed by atoms with van der Waals surface area (Å²) in [7, 11) is 0. The molecule has 0 aliphatic carbocycles. The molecule has 1 aliphatic heterocycles. The van der Waals surface area contributed by atoms with Crippen molar-refractivity contribution < 1.29 is 4.79 Å². The van der Waals surface area contributed by atoms with Crippen molar-refractivity contribution in [1.82, 2.24) is 19.7 Å². The zero-order valence-electron chi connectivity index (χ0n) is 19.9. The number of carbonyl (C=O) groups excluding carboxylic acids is 1. The van der Waals surface area contributed by atoms with Gasteiger partial charge in [-0.1, -0.05) is 35.5 Å². The van der Waals surface area contributed by atoms with Crippen molar-refractivity contribution in [1.29, 1.82) is 0 Å². The molecule has 1 amide bonds. The zero-order chi connectivity index (χ0) is 24.2. The number of benzene rings is 2. The molecule has 35 heavy (non-hydrogen) atoms. The fraction of sp³-hybridized carbons (Fsp3) is 0.259. The third-order valence-corrected chi connectivity index (χ3v) is 7.00. The van der Waals surface area contributed by atoms with E-state index in [1.807, 2.05) is 34.9 Å². The van der Waals surface area contributed by atoms with Gasteiger partial charge in [0.05, 0.1) is 11.4 Å². The Balaban J connectivity index is 1.33. The van der Waals surface area contributed by atoms with Gasteiger partial charge in [0, 0.05) is 30.7 Å². The Morgan fingerprint density at radius 1 is 1.00 bits per heavy atom. The van der Waals surface area contributed by atoms with Gasteiger partial charge in [0.25, 0.3) is 0 Å². The van der Waals surface area contributed by atoms with Crippen LogP contribution in [0.25, 0.3) is 17.2 Å². The molecule has 1 aliphatic rings. The fourth-order valence-corrected chi connectivity index (χ4v) is 5.10. The van der Waals surface area contributed by atoms with Crippen LogP contribution in [0, 0.1) is 13.8 Å². The number of hydrogen-bond donors (Lipinski definition) is 1. The van der Waals surface area contributed by atoms with Crippen LogP contribution in [0.4, 0.5) is 11.4 Å². The SMILES string of the molecule is Cc1ccc(-n2c(SCC(=O)Nc3ccc(N4CCCC4)cc3)nnc2-c2ccccn2)c(C)c1. The largest absolute Gasteiger partial charge is 0.372 e. The first-order chi connectivity index (χ1) is 17.1. The molecule has 178 valence electrons. The van der Waals surface area contributed by atoms with Crippen LogP contribution in [0.2, 0.25) is 0 Å². The molecule has 2 aromatic carbocycles. The normalized spacial score (nSPS) is 13.3. The van der Waals surface area contributed by atoms with E-state index in [2.05, 4.69) is 69.6 Å². The highest BCUT2D eigenvalue weighted by Gasteiger charge is 2.19. The number of amides is 1. The molecule has 0 atom stereocenters. The Kier molecular flexibility index (Phi) is 6.81. The van der Waals surface area contributed by atoms with Gasteiger partial charge in [-0.05, 0) is 74.7 Å². The van der Waals surface area contributed by atoms with E-state index in [0.29, 0.717) is 11.0 Å². The molecule has 1 saturated heterocycles. The van der Waals surface area contributed by atoms with Crippen LogP contribution in [0.5, 0.6) is 0 Å². The Labute approximate surface area is 209 Å². The zero-order valence-corrected chi connectivity index (χ0v) is 20.8. The highest BCUT2D eigenvalue weighted by molar-refractivity contribution is 7.99. The molecule has 0 radical (unpaired) electrons. The van der Waals surface area contributed by atoms with Crippen molar-refractivity contribution in [3.05, 3.63) is 78.0 Å². The van der Waals surface area contributed by atoms with E-state index >= 15 is 0 Å². The highest BCUT2D eigenvalue weighted by atomic mass is 32.2. The smallest absolute Gasteiger partial charge is 0.234 e. The summed E-state index contributed by atoms with van der Waals surface area (Å²) in [6, 6.07) is 20.1. The number of carbonyl (C=O) groups is 1. The number of pyridine rings is 1. The summed E-state index contributed by atoms with van der Waals surface area (Å²) in [6.07, 6.45) is 4.22. The first-order valence-corrected chi connectivity index (χ1v) is 12.8. The maximum absolute atomic E-state index is 12.8. The van der Waals surface area contributed by atoms with Crippen molar-refractivity contribution in [2.75, 3.05) is 29.1 Å². The summed E-state index contributed by atoms with van der Waals surface area (Å²) in [5.74, 6) is 0.788. The van der Waals surface area contributed by atoms with Crippen LogP contribution in [0.15, 0.2) is 72.0 Å². The van der Waals surface area contributed by atoms with E-state index < -0.39 is 0 Å². The summed E-state index contributed by atoms with van der Waals surface area (Å²) in [5.41, 5.74) is 5.99. The molecule has 7 nitrogen and oxygen atoms in total. The molecule has 2 aromatic heterocycles. The summed E-state index contributed by atoms with van der Waals surface area (Å²) >= 11 is 1.36. The molecule has 0 spiro atoms. The molecule has 5 rings (SSSR count).